The molecule has 0 spiro atoms. The van der Waals surface area contributed by atoms with Crippen molar-refractivity contribution in [3.63, 3.8) is 0 Å². The van der Waals surface area contributed by atoms with Crippen molar-refractivity contribution in [2.45, 2.75) is 4.90 Å². The van der Waals surface area contributed by atoms with Crippen LogP contribution in [0.15, 0.2) is 53.7 Å². The Kier molecular flexibility index (Phi) is 3.48. The Balaban J connectivity index is 2.27. The second-order valence-corrected chi connectivity index (χ2v) is 5.36. The van der Waals surface area contributed by atoms with E-state index in [9.17, 15) is 13.2 Å². The van der Waals surface area contributed by atoms with E-state index in [0.29, 0.717) is 5.69 Å². The first kappa shape index (κ1) is 13.0. The highest BCUT2D eigenvalue weighted by Crippen LogP contribution is 2.15. The van der Waals surface area contributed by atoms with Gasteiger partial charge in [-0.2, -0.15) is 0 Å². The van der Waals surface area contributed by atoms with Crippen LogP contribution in [-0.4, -0.2) is 24.5 Å². The average molecular weight is 278 g/mol. The topological polar surface area (TPSA) is 96.4 Å². The fourth-order valence-electron chi connectivity index (χ4n) is 1.41. The van der Waals surface area contributed by atoms with Crippen LogP contribution in [0.4, 0.5) is 5.69 Å². The maximum absolute atomic E-state index is 12.0. The summed E-state index contributed by atoms with van der Waals surface area (Å²) in [5.41, 5.74) is 0.366. The number of carboxylic acids is 1. The van der Waals surface area contributed by atoms with Crippen LogP contribution in [-0.2, 0) is 10.0 Å². The number of sulfonamides is 1. The molecule has 0 bridgehead atoms. The number of benzene rings is 1. The van der Waals surface area contributed by atoms with Gasteiger partial charge in [-0.3, -0.25) is 9.71 Å². The Hall–Kier alpha value is -2.41. The highest BCUT2D eigenvalue weighted by Gasteiger charge is 2.14. The molecule has 1 aromatic heterocycles. The van der Waals surface area contributed by atoms with Crippen molar-refractivity contribution in [2.75, 3.05) is 4.72 Å². The van der Waals surface area contributed by atoms with Gasteiger partial charge in [0.1, 0.15) is 0 Å². The van der Waals surface area contributed by atoms with Crippen molar-refractivity contribution in [2.24, 2.45) is 0 Å². The van der Waals surface area contributed by atoms with E-state index in [1.807, 2.05) is 0 Å². The van der Waals surface area contributed by atoms with Crippen LogP contribution >= 0.6 is 0 Å². The molecule has 2 N–H and O–H groups in total. The van der Waals surface area contributed by atoms with Gasteiger partial charge in [0.15, 0.2) is 0 Å². The number of hydrogen-bond donors (Lipinski definition) is 2. The lowest BCUT2D eigenvalue weighted by Crippen LogP contribution is -2.13. The summed E-state index contributed by atoms with van der Waals surface area (Å²) in [7, 11) is -3.74. The smallest absolute Gasteiger partial charge is 0.335 e. The number of carboxylic acid groups (broad SMARTS) is 1. The summed E-state index contributed by atoms with van der Waals surface area (Å²) in [6.45, 7) is 0. The lowest BCUT2D eigenvalue weighted by Gasteiger charge is -2.07. The fourth-order valence-corrected chi connectivity index (χ4v) is 2.46. The summed E-state index contributed by atoms with van der Waals surface area (Å²) < 4.78 is 26.3. The third-order valence-corrected chi connectivity index (χ3v) is 3.72. The van der Waals surface area contributed by atoms with E-state index in [-0.39, 0.29) is 10.5 Å². The van der Waals surface area contributed by atoms with Gasteiger partial charge in [0.05, 0.1) is 22.3 Å². The van der Waals surface area contributed by atoms with Crippen molar-refractivity contribution >= 4 is 21.7 Å². The first-order valence-electron chi connectivity index (χ1n) is 5.25. The van der Waals surface area contributed by atoms with E-state index in [0.717, 1.165) is 0 Å². The largest absolute Gasteiger partial charge is 0.478 e. The first-order valence-corrected chi connectivity index (χ1v) is 6.73. The van der Waals surface area contributed by atoms with Crippen molar-refractivity contribution < 1.29 is 18.3 Å². The minimum Gasteiger partial charge on any atom is -0.478 e. The number of nitrogens with one attached hydrogen (secondary N) is 1. The Morgan fingerprint density at radius 2 is 1.84 bits per heavy atom. The SMILES string of the molecule is O=C(O)c1ccc(S(=O)(=O)Nc2cccnc2)cc1. The van der Waals surface area contributed by atoms with Gasteiger partial charge in [-0.1, -0.05) is 0 Å². The average Bonchev–Trinajstić information content (AvgIpc) is 2.39. The van der Waals surface area contributed by atoms with Crippen molar-refractivity contribution in [3.8, 4) is 0 Å². The number of rotatable bonds is 4. The van der Waals surface area contributed by atoms with E-state index in [1.165, 1.54) is 36.7 Å². The minimum absolute atomic E-state index is 0.0126. The molecule has 0 fully saturated rings. The normalized spacial score (nSPS) is 10.9. The van der Waals surface area contributed by atoms with E-state index in [1.54, 1.807) is 12.1 Å². The molecule has 0 amide bonds. The maximum Gasteiger partial charge on any atom is 0.335 e. The molecule has 0 saturated carbocycles. The van der Waals surface area contributed by atoms with Gasteiger partial charge in [-0.15, -0.1) is 0 Å². The van der Waals surface area contributed by atoms with Crippen LogP contribution in [0.25, 0.3) is 0 Å². The van der Waals surface area contributed by atoms with Gasteiger partial charge < -0.3 is 5.11 Å². The second-order valence-electron chi connectivity index (χ2n) is 3.68. The number of pyridine rings is 1. The fraction of sp³-hybridized carbons (Fsp3) is 0. The van der Waals surface area contributed by atoms with E-state index >= 15 is 0 Å². The molecule has 0 aliphatic heterocycles. The first-order chi connectivity index (χ1) is 8.99. The highest BCUT2D eigenvalue weighted by atomic mass is 32.2. The molecule has 0 unspecified atom stereocenters. The number of hydrogen-bond acceptors (Lipinski definition) is 4. The summed E-state index contributed by atoms with van der Waals surface area (Å²) in [5.74, 6) is -1.11. The molecule has 0 radical (unpaired) electrons. The molecule has 0 saturated heterocycles. The van der Waals surface area contributed by atoms with Crippen molar-refractivity contribution in [1.29, 1.82) is 0 Å². The monoisotopic (exact) mass is 278 g/mol. The summed E-state index contributed by atoms with van der Waals surface area (Å²) in [6, 6.07) is 8.12. The van der Waals surface area contributed by atoms with E-state index in [4.69, 9.17) is 5.11 Å². The Morgan fingerprint density at radius 1 is 1.16 bits per heavy atom. The number of carbonyl (C=O) groups is 1. The third kappa shape index (κ3) is 3.08. The number of aromatic nitrogens is 1. The summed E-state index contributed by atoms with van der Waals surface area (Å²) in [4.78, 5) is 14.5. The Morgan fingerprint density at radius 3 is 2.37 bits per heavy atom. The maximum atomic E-state index is 12.0. The Bertz CT molecular complexity index is 681. The lowest BCUT2D eigenvalue weighted by molar-refractivity contribution is 0.0697. The van der Waals surface area contributed by atoms with Crippen LogP contribution in [0, 0.1) is 0 Å². The molecule has 7 heteroatoms. The molecule has 0 aliphatic rings. The molecule has 6 nitrogen and oxygen atoms in total. The highest BCUT2D eigenvalue weighted by molar-refractivity contribution is 7.92. The number of anilines is 1. The molecule has 0 aliphatic carbocycles. The third-order valence-electron chi connectivity index (χ3n) is 2.33. The van der Waals surface area contributed by atoms with E-state index in [2.05, 4.69) is 9.71 Å². The van der Waals surface area contributed by atoms with Gasteiger partial charge in [0.25, 0.3) is 10.0 Å². The standard InChI is InChI=1S/C12H10N2O4S/c15-12(16)9-3-5-11(6-4-9)19(17,18)14-10-2-1-7-13-8-10/h1-8,14H,(H,15,16). The molecule has 0 atom stereocenters. The molecule has 19 heavy (non-hydrogen) atoms. The van der Waals surface area contributed by atoms with Crippen molar-refractivity contribution in [3.05, 3.63) is 54.4 Å². The van der Waals surface area contributed by atoms with Crippen LogP contribution in [0.3, 0.4) is 0 Å². The van der Waals surface area contributed by atoms with Gasteiger partial charge in [-0.05, 0) is 36.4 Å². The zero-order valence-corrected chi connectivity index (χ0v) is 10.5. The molecule has 98 valence electrons. The van der Waals surface area contributed by atoms with Gasteiger partial charge in [0, 0.05) is 6.20 Å². The predicted molar refractivity (Wildman–Crippen MR) is 68.4 cm³/mol. The molecule has 2 rings (SSSR count). The van der Waals surface area contributed by atoms with Crippen LogP contribution < -0.4 is 4.72 Å². The van der Waals surface area contributed by atoms with Crippen LogP contribution in [0.2, 0.25) is 0 Å². The molecular formula is C12H10N2O4S. The Labute approximate surface area is 109 Å². The summed E-state index contributed by atoms with van der Waals surface area (Å²) in [6.07, 6.45) is 2.91. The zero-order valence-electron chi connectivity index (χ0n) is 9.65. The van der Waals surface area contributed by atoms with Gasteiger partial charge in [-0.25, -0.2) is 13.2 Å². The second kappa shape index (κ2) is 5.07. The number of aromatic carboxylic acids is 1. The summed E-state index contributed by atoms with van der Waals surface area (Å²) in [5, 5.41) is 8.74. The van der Waals surface area contributed by atoms with Gasteiger partial charge >= 0.3 is 5.97 Å². The molecular weight excluding hydrogens is 268 g/mol. The molecule has 1 aromatic carbocycles. The predicted octanol–water partition coefficient (Wildman–Crippen LogP) is 1.58. The lowest BCUT2D eigenvalue weighted by atomic mass is 10.2. The van der Waals surface area contributed by atoms with E-state index < -0.39 is 16.0 Å². The van der Waals surface area contributed by atoms with Crippen LogP contribution in [0.1, 0.15) is 10.4 Å². The number of nitrogens with zero attached hydrogens (tertiary/aromatic N) is 1. The van der Waals surface area contributed by atoms with Crippen molar-refractivity contribution in [1.82, 2.24) is 4.98 Å². The summed E-state index contributed by atoms with van der Waals surface area (Å²) >= 11 is 0. The zero-order chi connectivity index (χ0) is 13.9. The quantitative estimate of drug-likeness (QED) is 0.885. The van der Waals surface area contributed by atoms with Crippen LogP contribution in [0.5, 0.6) is 0 Å². The van der Waals surface area contributed by atoms with Gasteiger partial charge in [0.2, 0.25) is 0 Å². The molecule has 1 heterocycles. The minimum atomic E-state index is -3.74. The molecule has 2 aromatic rings.